The molecule has 102 valence electrons. The second-order valence-electron chi connectivity index (χ2n) is 7.03. The summed E-state index contributed by atoms with van der Waals surface area (Å²) >= 11 is 0. The van der Waals surface area contributed by atoms with Gasteiger partial charge < -0.3 is 4.90 Å². The van der Waals surface area contributed by atoms with Crippen LogP contribution in [0.15, 0.2) is 4.99 Å². The van der Waals surface area contributed by atoms with Crippen molar-refractivity contribution in [1.82, 2.24) is 4.90 Å². The summed E-state index contributed by atoms with van der Waals surface area (Å²) in [6.45, 7) is 11.6. The normalized spacial score (nSPS) is 21.4. The first kappa shape index (κ1) is 14.9. The SMILES string of the molecule is CC1(C)CCN(C[C@@H](N=C=O)C(C)(C)C)C(=O)C1. The van der Waals surface area contributed by atoms with Crippen molar-refractivity contribution >= 4 is 12.0 Å². The molecular weight excluding hydrogens is 228 g/mol. The monoisotopic (exact) mass is 252 g/mol. The van der Waals surface area contributed by atoms with Crippen LogP contribution >= 0.6 is 0 Å². The van der Waals surface area contributed by atoms with Crippen molar-refractivity contribution in [2.45, 2.75) is 53.5 Å². The summed E-state index contributed by atoms with van der Waals surface area (Å²) in [5.41, 5.74) is -0.0383. The smallest absolute Gasteiger partial charge is 0.235 e. The van der Waals surface area contributed by atoms with E-state index in [1.807, 2.05) is 25.7 Å². The summed E-state index contributed by atoms with van der Waals surface area (Å²) in [5.74, 6) is 0.168. The molecule has 4 nitrogen and oxygen atoms in total. The van der Waals surface area contributed by atoms with Crippen LogP contribution in [0, 0.1) is 10.8 Å². The van der Waals surface area contributed by atoms with E-state index in [0.717, 1.165) is 13.0 Å². The van der Waals surface area contributed by atoms with Gasteiger partial charge in [-0.25, -0.2) is 9.79 Å². The fourth-order valence-electron chi connectivity index (χ4n) is 2.15. The number of hydrogen-bond acceptors (Lipinski definition) is 3. The average Bonchev–Trinajstić information content (AvgIpc) is 2.18. The first-order chi connectivity index (χ1) is 8.15. The van der Waals surface area contributed by atoms with E-state index >= 15 is 0 Å². The van der Waals surface area contributed by atoms with Crippen molar-refractivity contribution in [3.63, 3.8) is 0 Å². The van der Waals surface area contributed by atoms with Crippen molar-refractivity contribution in [3.8, 4) is 0 Å². The van der Waals surface area contributed by atoms with Gasteiger partial charge in [0.05, 0.1) is 6.04 Å². The summed E-state index contributed by atoms with van der Waals surface area (Å²) in [7, 11) is 0. The highest BCUT2D eigenvalue weighted by Gasteiger charge is 2.34. The van der Waals surface area contributed by atoms with E-state index < -0.39 is 0 Å². The van der Waals surface area contributed by atoms with Gasteiger partial charge in [-0.1, -0.05) is 34.6 Å². The minimum absolute atomic E-state index is 0.0960. The molecule has 0 unspecified atom stereocenters. The molecule has 18 heavy (non-hydrogen) atoms. The largest absolute Gasteiger partial charge is 0.340 e. The molecule has 1 aliphatic rings. The Balaban J connectivity index is 2.72. The molecule has 0 bridgehead atoms. The molecule has 1 heterocycles. The van der Waals surface area contributed by atoms with Crippen LogP contribution in [-0.4, -0.2) is 36.0 Å². The standard InChI is InChI=1S/C14H24N2O2/c1-13(2,3)11(15-10-17)9-16-7-6-14(4,5)8-12(16)18/h11H,6-9H2,1-5H3/t11-/m1/s1. The first-order valence-corrected chi connectivity index (χ1v) is 6.50. The summed E-state index contributed by atoms with van der Waals surface area (Å²) in [5, 5.41) is 0. The topological polar surface area (TPSA) is 49.7 Å². The van der Waals surface area contributed by atoms with Crippen molar-refractivity contribution in [3.05, 3.63) is 0 Å². The Bertz CT molecular complexity index is 362. The minimum Gasteiger partial charge on any atom is -0.340 e. The molecule has 1 amide bonds. The van der Waals surface area contributed by atoms with Gasteiger partial charge in [0, 0.05) is 19.5 Å². The molecule has 0 N–H and O–H groups in total. The Morgan fingerprint density at radius 2 is 2.06 bits per heavy atom. The van der Waals surface area contributed by atoms with Gasteiger partial charge in [-0.3, -0.25) is 4.79 Å². The van der Waals surface area contributed by atoms with Gasteiger partial charge in [0.25, 0.3) is 0 Å². The molecule has 1 aliphatic heterocycles. The lowest BCUT2D eigenvalue weighted by Gasteiger charge is -2.39. The zero-order valence-corrected chi connectivity index (χ0v) is 12.1. The molecule has 0 aromatic heterocycles. The summed E-state index contributed by atoms with van der Waals surface area (Å²) in [4.78, 5) is 28.3. The third kappa shape index (κ3) is 3.95. The van der Waals surface area contributed by atoms with E-state index in [9.17, 15) is 9.59 Å². The van der Waals surface area contributed by atoms with Crippen LogP contribution in [-0.2, 0) is 9.59 Å². The Morgan fingerprint density at radius 3 is 2.50 bits per heavy atom. The maximum atomic E-state index is 12.1. The zero-order valence-electron chi connectivity index (χ0n) is 12.1. The number of amides is 1. The zero-order chi connectivity index (χ0) is 14.0. The maximum absolute atomic E-state index is 12.1. The van der Waals surface area contributed by atoms with Gasteiger partial charge in [-0.2, -0.15) is 0 Å². The number of rotatable bonds is 3. The van der Waals surface area contributed by atoms with Crippen molar-refractivity contribution in [1.29, 1.82) is 0 Å². The van der Waals surface area contributed by atoms with E-state index in [2.05, 4.69) is 18.8 Å². The van der Waals surface area contributed by atoms with Crippen molar-refractivity contribution in [2.75, 3.05) is 13.1 Å². The summed E-state index contributed by atoms with van der Waals surface area (Å²) < 4.78 is 0. The van der Waals surface area contributed by atoms with E-state index in [1.54, 1.807) is 6.08 Å². The molecule has 0 saturated carbocycles. The molecule has 1 saturated heterocycles. The third-order valence-corrected chi connectivity index (χ3v) is 3.64. The maximum Gasteiger partial charge on any atom is 0.235 e. The highest BCUT2D eigenvalue weighted by atomic mass is 16.2. The van der Waals surface area contributed by atoms with Crippen LogP contribution in [0.2, 0.25) is 0 Å². The summed E-state index contributed by atoms with van der Waals surface area (Å²) in [6, 6.07) is -0.180. The molecule has 0 spiro atoms. The Morgan fingerprint density at radius 1 is 1.44 bits per heavy atom. The Kier molecular flexibility index (Phi) is 4.33. The first-order valence-electron chi connectivity index (χ1n) is 6.50. The number of nitrogens with zero attached hydrogens (tertiary/aromatic N) is 2. The van der Waals surface area contributed by atoms with Crippen LogP contribution < -0.4 is 0 Å². The lowest BCUT2D eigenvalue weighted by atomic mass is 9.81. The Labute approximate surface area is 109 Å². The molecule has 1 rings (SSSR count). The molecular formula is C14H24N2O2. The molecule has 0 aromatic carbocycles. The van der Waals surface area contributed by atoms with E-state index in [1.165, 1.54) is 0 Å². The number of aliphatic imine (C=N–C) groups is 1. The average molecular weight is 252 g/mol. The second kappa shape index (κ2) is 5.23. The van der Waals surface area contributed by atoms with Gasteiger partial charge in [-0.05, 0) is 17.3 Å². The summed E-state index contributed by atoms with van der Waals surface area (Å²) in [6.07, 6.45) is 3.21. The quantitative estimate of drug-likeness (QED) is 0.572. The van der Waals surface area contributed by atoms with Gasteiger partial charge >= 0.3 is 0 Å². The predicted molar refractivity (Wildman–Crippen MR) is 71.0 cm³/mol. The van der Waals surface area contributed by atoms with Gasteiger partial charge in [0.1, 0.15) is 0 Å². The molecule has 1 fully saturated rings. The van der Waals surface area contributed by atoms with Gasteiger partial charge in [0.2, 0.25) is 12.0 Å². The van der Waals surface area contributed by atoms with E-state index in [0.29, 0.717) is 13.0 Å². The number of likely N-dealkylation sites (tertiary alicyclic amines) is 1. The lowest BCUT2D eigenvalue weighted by Crippen LogP contribution is -2.47. The van der Waals surface area contributed by atoms with Crippen LogP contribution in [0.1, 0.15) is 47.5 Å². The highest BCUT2D eigenvalue weighted by molar-refractivity contribution is 5.77. The van der Waals surface area contributed by atoms with Gasteiger partial charge in [-0.15, -0.1) is 0 Å². The Hall–Kier alpha value is -1.15. The molecule has 0 radical (unpaired) electrons. The van der Waals surface area contributed by atoms with E-state index in [4.69, 9.17) is 0 Å². The van der Waals surface area contributed by atoms with Crippen molar-refractivity contribution in [2.24, 2.45) is 15.8 Å². The van der Waals surface area contributed by atoms with Crippen LogP contribution in [0.3, 0.4) is 0 Å². The number of carbonyl (C=O) groups is 1. The van der Waals surface area contributed by atoms with Crippen LogP contribution in [0.4, 0.5) is 0 Å². The highest BCUT2D eigenvalue weighted by Crippen LogP contribution is 2.32. The number of isocyanates is 1. The van der Waals surface area contributed by atoms with Crippen LogP contribution in [0.5, 0.6) is 0 Å². The minimum atomic E-state index is -0.180. The predicted octanol–water partition coefficient (Wildman–Crippen LogP) is 2.39. The molecule has 4 heteroatoms. The molecule has 0 aliphatic carbocycles. The van der Waals surface area contributed by atoms with Gasteiger partial charge in [0.15, 0.2) is 0 Å². The third-order valence-electron chi connectivity index (χ3n) is 3.64. The fraction of sp³-hybridized carbons (Fsp3) is 0.857. The van der Waals surface area contributed by atoms with Crippen LogP contribution in [0.25, 0.3) is 0 Å². The second-order valence-corrected chi connectivity index (χ2v) is 7.03. The fourth-order valence-corrected chi connectivity index (χ4v) is 2.15. The number of carbonyl (C=O) groups excluding carboxylic acids is 2. The number of piperidine rings is 1. The molecule has 0 aromatic rings. The van der Waals surface area contributed by atoms with Crippen molar-refractivity contribution < 1.29 is 9.59 Å². The lowest BCUT2D eigenvalue weighted by molar-refractivity contribution is -0.137. The van der Waals surface area contributed by atoms with E-state index in [-0.39, 0.29) is 22.8 Å². The molecule has 1 atom stereocenters. The number of hydrogen-bond donors (Lipinski definition) is 0.